The SMILES string of the molecule is CSc1cccc(NCC(=O)Nc2cc(C)ccc2C)c1. The Morgan fingerprint density at radius 1 is 1.14 bits per heavy atom. The van der Waals surface area contributed by atoms with Crippen LogP contribution in [0.2, 0.25) is 0 Å². The molecule has 3 nitrogen and oxygen atoms in total. The molecule has 21 heavy (non-hydrogen) atoms. The van der Waals surface area contributed by atoms with Crippen LogP contribution in [0.3, 0.4) is 0 Å². The van der Waals surface area contributed by atoms with Gasteiger partial charge in [0.05, 0.1) is 6.54 Å². The fourth-order valence-electron chi connectivity index (χ4n) is 1.98. The molecule has 0 fully saturated rings. The quantitative estimate of drug-likeness (QED) is 0.818. The summed E-state index contributed by atoms with van der Waals surface area (Å²) in [5.74, 6) is -0.0433. The van der Waals surface area contributed by atoms with Crippen molar-refractivity contribution in [1.29, 1.82) is 0 Å². The van der Waals surface area contributed by atoms with E-state index in [-0.39, 0.29) is 12.5 Å². The minimum absolute atomic E-state index is 0.0433. The van der Waals surface area contributed by atoms with Gasteiger partial charge in [0, 0.05) is 16.3 Å². The number of aryl methyl sites for hydroxylation is 2. The van der Waals surface area contributed by atoms with Gasteiger partial charge >= 0.3 is 0 Å². The lowest BCUT2D eigenvalue weighted by Gasteiger charge is -2.11. The average molecular weight is 300 g/mol. The second-order valence-electron chi connectivity index (χ2n) is 4.95. The van der Waals surface area contributed by atoms with Gasteiger partial charge in [-0.1, -0.05) is 18.2 Å². The number of hydrogen-bond donors (Lipinski definition) is 2. The van der Waals surface area contributed by atoms with Gasteiger partial charge in [0.25, 0.3) is 0 Å². The van der Waals surface area contributed by atoms with Gasteiger partial charge in [-0.25, -0.2) is 0 Å². The Labute approximate surface area is 130 Å². The summed E-state index contributed by atoms with van der Waals surface area (Å²) in [5.41, 5.74) is 4.03. The molecular formula is C17H20N2OS. The second kappa shape index (κ2) is 7.18. The van der Waals surface area contributed by atoms with Crippen LogP contribution in [0.15, 0.2) is 47.4 Å². The second-order valence-corrected chi connectivity index (χ2v) is 5.83. The number of nitrogens with one attached hydrogen (secondary N) is 2. The lowest BCUT2D eigenvalue weighted by Crippen LogP contribution is -2.22. The molecule has 0 heterocycles. The summed E-state index contributed by atoms with van der Waals surface area (Å²) in [5, 5.41) is 6.09. The Morgan fingerprint density at radius 2 is 1.95 bits per heavy atom. The molecule has 0 aliphatic heterocycles. The topological polar surface area (TPSA) is 41.1 Å². The van der Waals surface area contributed by atoms with Crippen LogP contribution in [0.25, 0.3) is 0 Å². The number of amides is 1. The molecule has 0 radical (unpaired) electrons. The number of rotatable bonds is 5. The van der Waals surface area contributed by atoms with Crippen LogP contribution < -0.4 is 10.6 Å². The first kappa shape index (κ1) is 15.4. The summed E-state index contributed by atoms with van der Waals surface area (Å²) >= 11 is 1.68. The summed E-state index contributed by atoms with van der Waals surface area (Å²) in [7, 11) is 0. The first-order valence-electron chi connectivity index (χ1n) is 6.83. The van der Waals surface area contributed by atoms with E-state index in [0.717, 1.165) is 22.5 Å². The highest BCUT2D eigenvalue weighted by Crippen LogP contribution is 2.19. The molecule has 0 aromatic heterocycles. The molecule has 0 aliphatic carbocycles. The molecule has 0 spiro atoms. The van der Waals surface area contributed by atoms with Crippen LogP contribution in [-0.4, -0.2) is 18.7 Å². The maximum Gasteiger partial charge on any atom is 0.243 e. The number of anilines is 2. The number of thioether (sulfide) groups is 1. The van der Waals surface area contributed by atoms with Gasteiger partial charge in [0.1, 0.15) is 0 Å². The summed E-state index contributed by atoms with van der Waals surface area (Å²) < 4.78 is 0. The van der Waals surface area contributed by atoms with Crippen molar-refractivity contribution in [3.05, 3.63) is 53.6 Å². The zero-order valence-electron chi connectivity index (χ0n) is 12.6. The maximum absolute atomic E-state index is 12.0. The zero-order valence-corrected chi connectivity index (χ0v) is 13.4. The Balaban J connectivity index is 1.94. The van der Waals surface area contributed by atoms with E-state index in [1.807, 2.05) is 62.6 Å². The molecule has 0 unspecified atom stereocenters. The van der Waals surface area contributed by atoms with Crippen LogP contribution in [-0.2, 0) is 4.79 Å². The summed E-state index contributed by atoms with van der Waals surface area (Å²) in [6, 6.07) is 14.1. The first-order chi connectivity index (χ1) is 10.1. The van der Waals surface area contributed by atoms with Crippen LogP contribution >= 0.6 is 11.8 Å². The van der Waals surface area contributed by atoms with E-state index in [1.165, 1.54) is 4.90 Å². The molecule has 1 amide bonds. The summed E-state index contributed by atoms with van der Waals surface area (Å²) in [4.78, 5) is 13.2. The molecule has 110 valence electrons. The molecule has 2 aromatic carbocycles. The zero-order chi connectivity index (χ0) is 15.2. The van der Waals surface area contributed by atoms with Gasteiger partial charge in [-0.15, -0.1) is 11.8 Å². The standard InChI is InChI=1S/C17H20N2OS/c1-12-7-8-13(2)16(9-12)19-17(20)11-18-14-5-4-6-15(10-14)21-3/h4-10,18H,11H2,1-3H3,(H,19,20). The predicted molar refractivity (Wildman–Crippen MR) is 91.3 cm³/mol. The van der Waals surface area contributed by atoms with E-state index in [2.05, 4.69) is 10.6 Å². The number of hydrogen-bond acceptors (Lipinski definition) is 3. The minimum atomic E-state index is -0.0433. The van der Waals surface area contributed by atoms with Crippen molar-refractivity contribution in [3.63, 3.8) is 0 Å². The van der Waals surface area contributed by atoms with Crippen molar-refractivity contribution in [2.75, 3.05) is 23.4 Å². The predicted octanol–water partition coefficient (Wildman–Crippen LogP) is 4.08. The molecule has 2 N–H and O–H groups in total. The van der Waals surface area contributed by atoms with E-state index in [0.29, 0.717) is 0 Å². The van der Waals surface area contributed by atoms with Crippen molar-refractivity contribution in [2.45, 2.75) is 18.7 Å². The molecule has 2 aromatic rings. The van der Waals surface area contributed by atoms with Gasteiger partial charge in [-0.2, -0.15) is 0 Å². The number of benzene rings is 2. The highest BCUT2D eigenvalue weighted by atomic mass is 32.2. The Hall–Kier alpha value is -1.94. The van der Waals surface area contributed by atoms with E-state index >= 15 is 0 Å². The van der Waals surface area contributed by atoms with Crippen molar-refractivity contribution in [1.82, 2.24) is 0 Å². The number of carbonyl (C=O) groups excluding carboxylic acids is 1. The number of carbonyl (C=O) groups is 1. The van der Waals surface area contributed by atoms with Gasteiger partial charge in [-0.05, 0) is 55.5 Å². The Morgan fingerprint density at radius 3 is 2.71 bits per heavy atom. The Bertz CT molecular complexity index is 640. The van der Waals surface area contributed by atoms with Crippen LogP contribution in [0.5, 0.6) is 0 Å². The molecule has 0 aliphatic rings. The van der Waals surface area contributed by atoms with Gasteiger partial charge in [-0.3, -0.25) is 4.79 Å². The average Bonchev–Trinajstić information content (AvgIpc) is 2.49. The van der Waals surface area contributed by atoms with Gasteiger partial charge in [0.15, 0.2) is 0 Å². The highest BCUT2D eigenvalue weighted by molar-refractivity contribution is 7.98. The van der Waals surface area contributed by atoms with Crippen molar-refractivity contribution < 1.29 is 4.79 Å². The molecule has 0 bridgehead atoms. The van der Waals surface area contributed by atoms with E-state index in [1.54, 1.807) is 11.8 Å². The fraction of sp³-hybridized carbons (Fsp3) is 0.235. The largest absolute Gasteiger partial charge is 0.376 e. The van der Waals surface area contributed by atoms with E-state index in [4.69, 9.17) is 0 Å². The van der Waals surface area contributed by atoms with E-state index in [9.17, 15) is 4.79 Å². The fourth-order valence-corrected chi connectivity index (χ4v) is 2.44. The summed E-state index contributed by atoms with van der Waals surface area (Å²) in [6.07, 6.45) is 2.03. The maximum atomic E-state index is 12.0. The summed E-state index contributed by atoms with van der Waals surface area (Å²) in [6.45, 7) is 4.26. The third-order valence-corrected chi connectivity index (χ3v) is 3.92. The molecule has 0 saturated carbocycles. The lowest BCUT2D eigenvalue weighted by molar-refractivity contribution is -0.114. The monoisotopic (exact) mass is 300 g/mol. The van der Waals surface area contributed by atoms with Crippen LogP contribution in [0.1, 0.15) is 11.1 Å². The minimum Gasteiger partial charge on any atom is -0.376 e. The van der Waals surface area contributed by atoms with Crippen molar-refractivity contribution in [2.24, 2.45) is 0 Å². The highest BCUT2D eigenvalue weighted by Gasteiger charge is 2.05. The van der Waals surface area contributed by atoms with Crippen molar-refractivity contribution in [3.8, 4) is 0 Å². The molecule has 2 rings (SSSR count). The van der Waals surface area contributed by atoms with Crippen molar-refractivity contribution >= 4 is 29.0 Å². The molecule has 0 atom stereocenters. The third-order valence-electron chi connectivity index (χ3n) is 3.19. The normalized spacial score (nSPS) is 10.2. The third kappa shape index (κ3) is 4.53. The smallest absolute Gasteiger partial charge is 0.243 e. The molecule has 0 saturated heterocycles. The molecular weight excluding hydrogens is 280 g/mol. The lowest BCUT2D eigenvalue weighted by atomic mass is 10.1. The van der Waals surface area contributed by atoms with Crippen LogP contribution in [0, 0.1) is 13.8 Å². The van der Waals surface area contributed by atoms with Crippen LogP contribution in [0.4, 0.5) is 11.4 Å². The van der Waals surface area contributed by atoms with Gasteiger partial charge in [0.2, 0.25) is 5.91 Å². The molecule has 4 heteroatoms. The van der Waals surface area contributed by atoms with Gasteiger partial charge < -0.3 is 10.6 Å². The Kier molecular flexibility index (Phi) is 5.28. The first-order valence-corrected chi connectivity index (χ1v) is 8.06. The van der Waals surface area contributed by atoms with E-state index < -0.39 is 0 Å².